The summed E-state index contributed by atoms with van der Waals surface area (Å²) in [5.41, 5.74) is 1.21. The van der Waals surface area contributed by atoms with E-state index in [1.54, 1.807) is 0 Å². The molecule has 0 unspecified atom stereocenters. The maximum atomic E-state index is 4.32. The number of pyridine rings is 1. The van der Waals surface area contributed by atoms with E-state index in [2.05, 4.69) is 58.9 Å². The number of hydrogen-bond donors (Lipinski definition) is 1. The third-order valence-electron chi connectivity index (χ3n) is 2.94. The molecule has 0 aliphatic heterocycles. The van der Waals surface area contributed by atoms with Crippen molar-refractivity contribution in [3.63, 3.8) is 0 Å². The molecule has 0 bridgehead atoms. The lowest BCUT2D eigenvalue weighted by Gasteiger charge is -2.20. The van der Waals surface area contributed by atoms with Gasteiger partial charge in [-0.15, -0.1) is 0 Å². The molecule has 1 aromatic rings. The van der Waals surface area contributed by atoms with E-state index < -0.39 is 0 Å². The SMILES string of the molecule is Cc1ccnc(NCCCN(C)C(C)C)c1Br. The van der Waals surface area contributed by atoms with Crippen LogP contribution in [0.5, 0.6) is 0 Å². The summed E-state index contributed by atoms with van der Waals surface area (Å²) in [5, 5.41) is 3.36. The van der Waals surface area contributed by atoms with Gasteiger partial charge in [0.05, 0.1) is 4.47 Å². The molecular weight excluding hydrogens is 278 g/mol. The number of nitrogens with zero attached hydrogens (tertiary/aromatic N) is 2. The third-order valence-corrected chi connectivity index (χ3v) is 3.94. The van der Waals surface area contributed by atoms with Gasteiger partial charge in [-0.3, -0.25) is 0 Å². The molecule has 1 N–H and O–H groups in total. The number of halogens is 1. The molecule has 17 heavy (non-hydrogen) atoms. The van der Waals surface area contributed by atoms with Crippen LogP contribution in [0, 0.1) is 6.92 Å². The maximum absolute atomic E-state index is 4.32. The van der Waals surface area contributed by atoms with Gasteiger partial charge >= 0.3 is 0 Å². The predicted octanol–water partition coefficient (Wildman–Crippen LogP) is 3.29. The van der Waals surface area contributed by atoms with Crippen molar-refractivity contribution in [3.05, 3.63) is 22.3 Å². The highest BCUT2D eigenvalue weighted by Crippen LogP contribution is 2.22. The molecule has 0 aliphatic rings. The highest BCUT2D eigenvalue weighted by molar-refractivity contribution is 9.10. The zero-order valence-electron chi connectivity index (χ0n) is 11.1. The highest BCUT2D eigenvalue weighted by atomic mass is 79.9. The molecule has 0 atom stereocenters. The monoisotopic (exact) mass is 299 g/mol. The second-order valence-electron chi connectivity index (χ2n) is 4.65. The van der Waals surface area contributed by atoms with Gasteiger partial charge in [-0.05, 0) is 68.3 Å². The summed E-state index contributed by atoms with van der Waals surface area (Å²) >= 11 is 3.55. The molecule has 0 saturated carbocycles. The molecule has 1 aromatic heterocycles. The Morgan fingerprint density at radius 3 is 2.82 bits per heavy atom. The number of aryl methyl sites for hydroxylation is 1. The maximum Gasteiger partial charge on any atom is 0.140 e. The Morgan fingerprint density at radius 1 is 1.47 bits per heavy atom. The quantitative estimate of drug-likeness (QED) is 0.817. The molecular formula is C13H22BrN3. The second-order valence-corrected chi connectivity index (χ2v) is 5.44. The Balaban J connectivity index is 2.34. The van der Waals surface area contributed by atoms with Crippen LogP contribution in [0.15, 0.2) is 16.7 Å². The lowest BCUT2D eigenvalue weighted by Crippen LogP contribution is -2.28. The zero-order valence-corrected chi connectivity index (χ0v) is 12.7. The van der Waals surface area contributed by atoms with Crippen LogP contribution in [0.3, 0.4) is 0 Å². The minimum atomic E-state index is 0.610. The van der Waals surface area contributed by atoms with Crippen molar-refractivity contribution in [2.24, 2.45) is 0 Å². The van der Waals surface area contributed by atoms with Crippen molar-refractivity contribution in [3.8, 4) is 0 Å². The molecule has 0 aromatic carbocycles. The first-order valence-corrected chi connectivity index (χ1v) is 6.87. The standard InChI is InChI=1S/C13H22BrN3/c1-10(2)17(4)9-5-7-15-13-12(14)11(3)6-8-16-13/h6,8,10H,5,7,9H2,1-4H3,(H,15,16). The van der Waals surface area contributed by atoms with Gasteiger partial charge in [0, 0.05) is 18.8 Å². The molecule has 1 rings (SSSR count). The lowest BCUT2D eigenvalue weighted by molar-refractivity contribution is 0.273. The van der Waals surface area contributed by atoms with Gasteiger partial charge < -0.3 is 10.2 Å². The summed E-state index contributed by atoms with van der Waals surface area (Å²) in [6.45, 7) is 8.56. The zero-order chi connectivity index (χ0) is 12.8. The number of aromatic nitrogens is 1. The van der Waals surface area contributed by atoms with Crippen LogP contribution in [-0.4, -0.2) is 36.1 Å². The molecule has 0 aliphatic carbocycles. The fourth-order valence-electron chi connectivity index (χ4n) is 1.46. The number of hydrogen-bond acceptors (Lipinski definition) is 3. The predicted molar refractivity (Wildman–Crippen MR) is 77.5 cm³/mol. The van der Waals surface area contributed by atoms with Crippen molar-refractivity contribution in [1.29, 1.82) is 0 Å². The van der Waals surface area contributed by atoms with Gasteiger partial charge in [-0.2, -0.15) is 0 Å². The van der Waals surface area contributed by atoms with Gasteiger partial charge in [0.15, 0.2) is 0 Å². The smallest absolute Gasteiger partial charge is 0.140 e. The van der Waals surface area contributed by atoms with Crippen molar-refractivity contribution in [2.45, 2.75) is 33.2 Å². The minimum absolute atomic E-state index is 0.610. The Labute approximate surface area is 113 Å². The Hall–Kier alpha value is -0.610. The van der Waals surface area contributed by atoms with Crippen molar-refractivity contribution in [1.82, 2.24) is 9.88 Å². The van der Waals surface area contributed by atoms with Gasteiger partial charge in [0.25, 0.3) is 0 Å². The molecule has 0 radical (unpaired) electrons. The largest absolute Gasteiger partial charge is 0.369 e. The molecule has 0 saturated heterocycles. The fourth-order valence-corrected chi connectivity index (χ4v) is 1.83. The summed E-state index contributed by atoms with van der Waals surface area (Å²) in [6, 6.07) is 2.61. The normalized spacial score (nSPS) is 11.2. The Morgan fingerprint density at radius 2 is 2.18 bits per heavy atom. The minimum Gasteiger partial charge on any atom is -0.369 e. The third kappa shape index (κ3) is 4.64. The summed E-state index contributed by atoms with van der Waals surface area (Å²) in [4.78, 5) is 6.67. The summed E-state index contributed by atoms with van der Waals surface area (Å²) in [6.07, 6.45) is 2.96. The van der Waals surface area contributed by atoms with Gasteiger partial charge in [-0.25, -0.2) is 4.98 Å². The Kier molecular flexibility index (Phi) is 5.92. The van der Waals surface area contributed by atoms with E-state index in [1.807, 2.05) is 12.3 Å². The van der Waals surface area contributed by atoms with E-state index in [0.717, 1.165) is 29.8 Å². The molecule has 4 heteroatoms. The van der Waals surface area contributed by atoms with Crippen molar-refractivity contribution in [2.75, 3.05) is 25.5 Å². The molecule has 0 amide bonds. The summed E-state index contributed by atoms with van der Waals surface area (Å²) in [7, 11) is 2.16. The van der Waals surface area contributed by atoms with Crippen LogP contribution in [0.2, 0.25) is 0 Å². The van der Waals surface area contributed by atoms with E-state index in [9.17, 15) is 0 Å². The van der Waals surface area contributed by atoms with Crippen LogP contribution >= 0.6 is 15.9 Å². The topological polar surface area (TPSA) is 28.2 Å². The number of nitrogens with one attached hydrogen (secondary N) is 1. The molecule has 96 valence electrons. The van der Waals surface area contributed by atoms with Crippen molar-refractivity contribution >= 4 is 21.7 Å². The first-order chi connectivity index (χ1) is 8.02. The van der Waals surface area contributed by atoms with E-state index >= 15 is 0 Å². The average molecular weight is 300 g/mol. The molecule has 3 nitrogen and oxygen atoms in total. The van der Waals surface area contributed by atoms with E-state index in [1.165, 1.54) is 5.56 Å². The van der Waals surface area contributed by atoms with E-state index in [-0.39, 0.29) is 0 Å². The van der Waals surface area contributed by atoms with Gasteiger partial charge in [0.2, 0.25) is 0 Å². The van der Waals surface area contributed by atoms with Crippen LogP contribution in [0.1, 0.15) is 25.8 Å². The summed E-state index contributed by atoms with van der Waals surface area (Å²) in [5.74, 6) is 0.942. The lowest BCUT2D eigenvalue weighted by atomic mass is 10.3. The Bertz CT molecular complexity index is 353. The van der Waals surface area contributed by atoms with E-state index in [0.29, 0.717) is 6.04 Å². The number of anilines is 1. The summed E-state index contributed by atoms with van der Waals surface area (Å²) < 4.78 is 1.07. The van der Waals surface area contributed by atoms with Gasteiger partial charge in [0.1, 0.15) is 5.82 Å². The fraction of sp³-hybridized carbons (Fsp3) is 0.615. The first-order valence-electron chi connectivity index (χ1n) is 6.07. The number of rotatable bonds is 6. The van der Waals surface area contributed by atoms with Crippen LogP contribution in [0.4, 0.5) is 5.82 Å². The highest BCUT2D eigenvalue weighted by Gasteiger charge is 2.04. The average Bonchev–Trinajstić information content (AvgIpc) is 2.29. The van der Waals surface area contributed by atoms with Crippen LogP contribution in [0.25, 0.3) is 0 Å². The van der Waals surface area contributed by atoms with Crippen LogP contribution < -0.4 is 5.32 Å². The molecule has 1 heterocycles. The first kappa shape index (κ1) is 14.5. The molecule has 0 spiro atoms. The van der Waals surface area contributed by atoms with E-state index in [4.69, 9.17) is 0 Å². The van der Waals surface area contributed by atoms with Crippen molar-refractivity contribution < 1.29 is 0 Å². The van der Waals surface area contributed by atoms with Crippen LogP contribution in [-0.2, 0) is 0 Å². The second kappa shape index (κ2) is 6.97. The van der Waals surface area contributed by atoms with Gasteiger partial charge in [-0.1, -0.05) is 0 Å². The molecule has 0 fully saturated rings.